The van der Waals surface area contributed by atoms with Gasteiger partial charge in [-0.2, -0.15) is 0 Å². The van der Waals surface area contributed by atoms with E-state index in [0.717, 1.165) is 0 Å². The summed E-state index contributed by atoms with van der Waals surface area (Å²) in [6.07, 6.45) is 8.60. The highest BCUT2D eigenvalue weighted by molar-refractivity contribution is 5.28. The molecule has 0 spiro atoms. The molecule has 1 aromatic rings. The number of benzene rings is 1. The van der Waals surface area contributed by atoms with E-state index in [1.54, 1.807) is 0 Å². The van der Waals surface area contributed by atoms with Crippen LogP contribution >= 0.6 is 0 Å². The normalized spacial score (nSPS) is 25.5. The highest BCUT2D eigenvalue weighted by Gasteiger charge is 2.47. The quantitative estimate of drug-likeness (QED) is 0.840. The maximum Gasteiger partial charge on any atom is 0.0664 e. The molecule has 2 aliphatic carbocycles. The summed E-state index contributed by atoms with van der Waals surface area (Å²) in [4.78, 5) is 0. The van der Waals surface area contributed by atoms with Crippen molar-refractivity contribution in [2.24, 2.45) is 5.92 Å². The summed E-state index contributed by atoms with van der Waals surface area (Å²) in [5.41, 5.74) is 1.44. The van der Waals surface area contributed by atoms with Crippen LogP contribution in [0.4, 0.5) is 0 Å². The molecule has 0 amide bonds. The lowest BCUT2D eigenvalue weighted by Crippen LogP contribution is -2.42. The Morgan fingerprint density at radius 1 is 1.00 bits per heavy atom. The lowest BCUT2D eigenvalue weighted by molar-refractivity contribution is 0.0364. The summed E-state index contributed by atoms with van der Waals surface area (Å²) < 4.78 is 0. The molecule has 0 radical (unpaired) electrons. The maximum absolute atomic E-state index is 10.7. The highest BCUT2D eigenvalue weighted by atomic mass is 16.3. The minimum atomic E-state index is -0.106. The number of hydrogen-bond donors (Lipinski definition) is 1. The van der Waals surface area contributed by atoms with Gasteiger partial charge >= 0.3 is 0 Å². The van der Waals surface area contributed by atoms with E-state index in [1.165, 1.54) is 50.5 Å². The first-order valence-electron chi connectivity index (χ1n) is 7.06. The Kier molecular flexibility index (Phi) is 2.96. The van der Waals surface area contributed by atoms with Gasteiger partial charge in [-0.1, -0.05) is 49.6 Å². The summed E-state index contributed by atoms with van der Waals surface area (Å²) in [7, 11) is 0. The predicted molar refractivity (Wildman–Crippen MR) is 69.9 cm³/mol. The molecule has 3 rings (SSSR count). The van der Waals surface area contributed by atoms with Gasteiger partial charge in [0.2, 0.25) is 0 Å². The number of aliphatic hydroxyl groups excluding tert-OH is 1. The van der Waals surface area contributed by atoms with E-state index < -0.39 is 0 Å². The molecule has 92 valence electrons. The maximum atomic E-state index is 10.7. The van der Waals surface area contributed by atoms with Crippen LogP contribution in [0.3, 0.4) is 0 Å². The van der Waals surface area contributed by atoms with Crippen LogP contribution in [-0.2, 0) is 5.41 Å². The predicted octanol–water partition coefficient (Wildman–Crippen LogP) is 3.66. The van der Waals surface area contributed by atoms with Crippen molar-refractivity contribution < 1.29 is 5.11 Å². The first-order valence-corrected chi connectivity index (χ1v) is 7.06. The minimum absolute atomic E-state index is 0.0701. The first-order chi connectivity index (χ1) is 8.33. The number of aliphatic hydroxyl groups is 1. The third kappa shape index (κ3) is 2.01. The van der Waals surface area contributed by atoms with Gasteiger partial charge in [-0.25, -0.2) is 0 Å². The van der Waals surface area contributed by atoms with Gasteiger partial charge < -0.3 is 5.11 Å². The van der Waals surface area contributed by atoms with Gasteiger partial charge in [0.25, 0.3) is 0 Å². The van der Waals surface area contributed by atoms with E-state index in [1.807, 2.05) is 0 Å². The topological polar surface area (TPSA) is 20.2 Å². The Balaban J connectivity index is 1.94. The molecule has 1 heteroatoms. The average molecular weight is 230 g/mol. The summed E-state index contributed by atoms with van der Waals surface area (Å²) >= 11 is 0. The Morgan fingerprint density at radius 3 is 2.24 bits per heavy atom. The van der Waals surface area contributed by atoms with Crippen molar-refractivity contribution in [2.45, 2.75) is 56.5 Å². The zero-order valence-electron chi connectivity index (χ0n) is 10.4. The lowest BCUT2D eigenvalue weighted by atomic mass is 9.65. The Hall–Kier alpha value is -0.820. The van der Waals surface area contributed by atoms with E-state index in [2.05, 4.69) is 30.3 Å². The molecule has 2 fully saturated rings. The van der Waals surface area contributed by atoms with Crippen LogP contribution in [0.5, 0.6) is 0 Å². The van der Waals surface area contributed by atoms with Crippen molar-refractivity contribution >= 4 is 0 Å². The highest BCUT2D eigenvalue weighted by Crippen LogP contribution is 2.49. The lowest BCUT2D eigenvalue weighted by Gasteiger charge is -2.42. The van der Waals surface area contributed by atoms with Gasteiger partial charge in [-0.05, 0) is 37.2 Å². The minimum Gasteiger partial charge on any atom is -0.392 e. The van der Waals surface area contributed by atoms with Crippen LogP contribution in [0.2, 0.25) is 0 Å². The molecular weight excluding hydrogens is 208 g/mol. The van der Waals surface area contributed by atoms with Crippen molar-refractivity contribution in [3.8, 4) is 0 Å². The van der Waals surface area contributed by atoms with E-state index >= 15 is 0 Å². The van der Waals surface area contributed by atoms with Crippen LogP contribution < -0.4 is 0 Å². The number of rotatable bonds is 3. The molecule has 1 atom stereocenters. The Bertz CT molecular complexity index is 360. The van der Waals surface area contributed by atoms with Crippen molar-refractivity contribution in [1.82, 2.24) is 0 Å². The van der Waals surface area contributed by atoms with Crippen molar-refractivity contribution in [1.29, 1.82) is 0 Å². The van der Waals surface area contributed by atoms with E-state index in [4.69, 9.17) is 0 Å². The Morgan fingerprint density at radius 2 is 1.65 bits per heavy atom. The molecule has 1 N–H and O–H groups in total. The average Bonchev–Trinajstić information content (AvgIpc) is 3.24. The zero-order chi connectivity index (χ0) is 11.7. The molecule has 1 unspecified atom stereocenters. The SMILES string of the molecule is OC(C1CC1)C1(c2ccccc2)CCCCC1. The molecular formula is C16H22O. The standard InChI is InChI=1S/C16H22O/c17-15(13-9-10-13)16(11-5-2-6-12-16)14-7-3-1-4-8-14/h1,3-4,7-8,13,15,17H,2,5-6,9-12H2. The molecule has 0 aliphatic heterocycles. The second kappa shape index (κ2) is 4.45. The van der Waals surface area contributed by atoms with Crippen molar-refractivity contribution in [3.05, 3.63) is 35.9 Å². The van der Waals surface area contributed by atoms with Gasteiger partial charge in [-0.15, -0.1) is 0 Å². The molecule has 2 aliphatic rings. The third-order valence-corrected chi connectivity index (χ3v) is 4.73. The van der Waals surface area contributed by atoms with Crippen LogP contribution in [0.15, 0.2) is 30.3 Å². The van der Waals surface area contributed by atoms with E-state index in [9.17, 15) is 5.11 Å². The van der Waals surface area contributed by atoms with Crippen molar-refractivity contribution in [2.75, 3.05) is 0 Å². The van der Waals surface area contributed by atoms with Gasteiger partial charge in [0.15, 0.2) is 0 Å². The molecule has 0 bridgehead atoms. The fourth-order valence-corrected chi connectivity index (χ4v) is 3.57. The molecule has 1 nitrogen and oxygen atoms in total. The smallest absolute Gasteiger partial charge is 0.0664 e. The summed E-state index contributed by atoms with van der Waals surface area (Å²) in [6, 6.07) is 10.7. The molecule has 0 aromatic heterocycles. The van der Waals surface area contributed by atoms with Crippen LogP contribution in [0, 0.1) is 5.92 Å². The van der Waals surface area contributed by atoms with Crippen LogP contribution in [-0.4, -0.2) is 11.2 Å². The molecule has 1 aromatic carbocycles. The van der Waals surface area contributed by atoms with Crippen LogP contribution in [0.25, 0.3) is 0 Å². The monoisotopic (exact) mass is 230 g/mol. The van der Waals surface area contributed by atoms with Gasteiger partial charge in [0.05, 0.1) is 6.10 Å². The van der Waals surface area contributed by atoms with Gasteiger partial charge in [0, 0.05) is 5.41 Å². The largest absolute Gasteiger partial charge is 0.392 e. The fraction of sp³-hybridized carbons (Fsp3) is 0.625. The summed E-state index contributed by atoms with van der Waals surface area (Å²) in [5, 5.41) is 10.7. The number of hydrogen-bond acceptors (Lipinski definition) is 1. The van der Waals surface area contributed by atoms with Gasteiger partial charge in [0.1, 0.15) is 0 Å². The molecule has 0 heterocycles. The summed E-state index contributed by atoms with van der Waals surface area (Å²) in [5.74, 6) is 0.577. The van der Waals surface area contributed by atoms with Crippen molar-refractivity contribution in [3.63, 3.8) is 0 Å². The fourth-order valence-electron chi connectivity index (χ4n) is 3.57. The van der Waals surface area contributed by atoms with Crippen LogP contribution in [0.1, 0.15) is 50.5 Å². The second-order valence-corrected chi connectivity index (χ2v) is 5.87. The second-order valence-electron chi connectivity index (χ2n) is 5.87. The molecule has 2 saturated carbocycles. The third-order valence-electron chi connectivity index (χ3n) is 4.73. The first kappa shape index (κ1) is 11.3. The molecule has 0 saturated heterocycles. The van der Waals surface area contributed by atoms with E-state index in [-0.39, 0.29) is 11.5 Å². The molecule has 17 heavy (non-hydrogen) atoms. The zero-order valence-corrected chi connectivity index (χ0v) is 10.4. The van der Waals surface area contributed by atoms with E-state index in [0.29, 0.717) is 5.92 Å². The Labute approximate surface area is 104 Å². The van der Waals surface area contributed by atoms with Gasteiger partial charge in [-0.3, -0.25) is 0 Å². The summed E-state index contributed by atoms with van der Waals surface area (Å²) in [6.45, 7) is 0.